The molecule has 0 bridgehead atoms. The first-order valence-corrected chi connectivity index (χ1v) is 10.6. The lowest BCUT2D eigenvalue weighted by atomic mass is 10.1. The van der Waals surface area contributed by atoms with Crippen LogP contribution in [-0.2, 0) is 16.1 Å². The number of ether oxygens (including phenoxy) is 2. The lowest BCUT2D eigenvalue weighted by Crippen LogP contribution is -2.30. The van der Waals surface area contributed by atoms with Crippen LogP contribution < -0.4 is 10.1 Å². The Morgan fingerprint density at radius 3 is 2.50 bits per heavy atom. The molecule has 1 N–H and O–H groups in total. The number of benzene rings is 2. The molecule has 1 unspecified atom stereocenters. The third kappa shape index (κ3) is 5.52. The van der Waals surface area contributed by atoms with Crippen LogP contribution in [0.3, 0.4) is 0 Å². The predicted molar refractivity (Wildman–Crippen MR) is 125 cm³/mol. The Bertz CT molecular complexity index is 1240. The maximum Gasteiger partial charge on any atom is 0.343 e. The summed E-state index contributed by atoms with van der Waals surface area (Å²) in [7, 11) is 1.37. The molecule has 11 heteroatoms. The molecule has 2 aromatic carbocycles. The molecule has 1 aromatic heterocycles. The van der Waals surface area contributed by atoms with Crippen molar-refractivity contribution in [1.82, 2.24) is 9.78 Å². The third-order valence-electron chi connectivity index (χ3n) is 5.03. The smallest absolute Gasteiger partial charge is 0.343 e. The molecule has 1 heterocycles. The van der Waals surface area contributed by atoms with Crippen LogP contribution in [0.15, 0.2) is 42.5 Å². The number of esters is 1. The third-order valence-corrected chi connectivity index (χ3v) is 5.42. The summed E-state index contributed by atoms with van der Waals surface area (Å²) in [6.07, 6.45) is -1.26. The standard InChI is InChI=1S/C23H23ClN4O6/c1-13-5-7-16(8-6-13)12-27-21(24)20(14(2)26-27)23(30)34-15(3)22(29)25-18-10-9-17(33-4)11-19(18)28(31)32/h5-11,15H,12H2,1-4H3,(H,25,29). The molecule has 0 spiro atoms. The second-order valence-corrected chi connectivity index (χ2v) is 7.93. The Morgan fingerprint density at radius 1 is 1.21 bits per heavy atom. The highest BCUT2D eigenvalue weighted by molar-refractivity contribution is 6.32. The van der Waals surface area contributed by atoms with Gasteiger partial charge in [0.1, 0.15) is 22.2 Å². The number of nitro benzene ring substituents is 1. The molecule has 178 valence electrons. The van der Waals surface area contributed by atoms with Crippen molar-refractivity contribution in [3.8, 4) is 5.75 Å². The quantitative estimate of drug-likeness (QED) is 0.285. The molecule has 0 aliphatic rings. The van der Waals surface area contributed by atoms with E-state index in [2.05, 4.69) is 10.4 Å². The van der Waals surface area contributed by atoms with Crippen LogP contribution in [0.4, 0.5) is 11.4 Å². The summed E-state index contributed by atoms with van der Waals surface area (Å²) in [5.74, 6) is -1.32. The normalized spacial score (nSPS) is 11.6. The SMILES string of the molecule is COc1ccc(NC(=O)C(C)OC(=O)c2c(C)nn(Cc3ccc(C)cc3)c2Cl)c([N+](=O)[O-])c1. The van der Waals surface area contributed by atoms with Gasteiger partial charge < -0.3 is 14.8 Å². The topological polar surface area (TPSA) is 126 Å². The van der Waals surface area contributed by atoms with Crippen LogP contribution in [-0.4, -0.2) is 39.8 Å². The van der Waals surface area contributed by atoms with Gasteiger partial charge in [-0.25, -0.2) is 9.48 Å². The van der Waals surface area contributed by atoms with Gasteiger partial charge in [0.2, 0.25) is 0 Å². The van der Waals surface area contributed by atoms with Gasteiger partial charge in [0, 0.05) is 0 Å². The highest BCUT2D eigenvalue weighted by Crippen LogP contribution is 2.29. The Hall–Kier alpha value is -3.92. The number of nitrogens with one attached hydrogen (secondary N) is 1. The molecule has 0 saturated heterocycles. The molecule has 0 radical (unpaired) electrons. The second kappa shape index (κ2) is 10.3. The van der Waals surface area contributed by atoms with Gasteiger partial charge in [-0.15, -0.1) is 0 Å². The van der Waals surface area contributed by atoms with Crippen molar-refractivity contribution in [2.75, 3.05) is 12.4 Å². The van der Waals surface area contributed by atoms with Gasteiger partial charge >= 0.3 is 5.97 Å². The van der Waals surface area contributed by atoms with Crippen molar-refractivity contribution in [3.63, 3.8) is 0 Å². The number of methoxy groups -OCH3 is 1. The molecule has 0 aliphatic heterocycles. The molecule has 0 aliphatic carbocycles. The van der Waals surface area contributed by atoms with E-state index in [1.54, 1.807) is 6.92 Å². The lowest BCUT2D eigenvalue weighted by molar-refractivity contribution is -0.384. The Balaban J connectivity index is 1.72. The van der Waals surface area contributed by atoms with Crippen molar-refractivity contribution in [2.45, 2.75) is 33.4 Å². The van der Waals surface area contributed by atoms with E-state index in [0.29, 0.717) is 12.2 Å². The van der Waals surface area contributed by atoms with E-state index < -0.39 is 22.9 Å². The van der Waals surface area contributed by atoms with E-state index in [4.69, 9.17) is 21.1 Å². The van der Waals surface area contributed by atoms with E-state index in [1.165, 1.54) is 36.9 Å². The zero-order chi connectivity index (χ0) is 25.0. The zero-order valence-electron chi connectivity index (χ0n) is 19.0. The summed E-state index contributed by atoms with van der Waals surface area (Å²) in [5.41, 5.74) is 2.04. The van der Waals surface area contributed by atoms with E-state index in [1.807, 2.05) is 31.2 Å². The minimum atomic E-state index is -1.26. The van der Waals surface area contributed by atoms with Gasteiger partial charge in [0.25, 0.3) is 11.6 Å². The highest BCUT2D eigenvalue weighted by Gasteiger charge is 2.27. The van der Waals surface area contributed by atoms with Gasteiger partial charge in [-0.2, -0.15) is 5.10 Å². The van der Waals surface area contributed by atoms with E-state index in [-0.39, 0.29) is 27.8 Å². The van der Waals surface area contributed by atoms with Gasteiger partial charge in [0.05, 0.1) is 30.3 Å². The van der Waals surface area contributed by atoms with E-state index in [0.717, 1.165) is 11.1 Å². The monoisotopic (exact) mass is 486 g/mol. The largest absolute Gasteiger partial charge is 0.496 e. The van der Waals surface area contributed by atoms with Crippen LogP contribution in [0.2, 0.25) is 5.15 Å². The molecular weight excluding hydrogens is 464 g/mol. The van der Waals surface area contributed by atoms with E-state index in [9.17, 15) is 19.7 Å². The minimum absolute atomic E-state index is 0.0452. The first-order valence-electron chi connectivity index (χ1n) is 10.2. The zero-order valence-corrected chi connectivity index (χ0v) is 19.8. The number of anilines is 1. The maximum absolute atomic E-state index is 12.8. The van der Waals surface area contributed by atoms with Crippen molar-refractivity contribution >= 4 is 34.9 Å². The van der Waals surface area contributed by atoms with Gasteiger partial charge in [-0.1, -0.05) is 41.4 Å². The number of aryl methyl sites for hydroxylation is 2. The summed E-state index contributed by atoms with van der Waals surface area (Å²) in [5, 5.41) is 18.1. The maximum atomic E-state index is 12.8. The van der Waals surface area contributed by atoms with Crippen molar-refractivity contribution in [2.24, 2.45) is 0 Å². The average Bonchev–Trinajstić information content (AvgIpc) is 3.07. The Labute approximate surface area is 200 Å². The Morgan fingerprint density at radius 2 is 1.88 bits per heavy atom. The number of hydrogen-bond acceptors (Lipinski definition) is 7. The Kier molecular flexibility index (Phi) is 7.52. The van der Waals surface area contributed by atoms with Crippen LogP contribution in [0, 0.1) is 24.0 Å². The average molecular weight is 487 g/mol. The van der Waals surface area contributed by atoms with E-state index >= 15 is 0 Å². The number of carbonyl (C=O) groups excluding carboxylic acids is 2. The molecule has 0 saturated carbocycles. The molecule has 1 atom stereocenters. The van der Waals surface area contributed by atoms with Gasteiger partial charge in [-0.3, -0.25) is 14.9 Å². The summed E-state index contributed by atoms with van der Waals surface area (Å²) >= 11 is 6.39. The van der Waals surface area contributed by atoms with Gasteiger partial charge in [0.15, 0.2) is 6.10 Å². The summed E-state index contributed by atoms with van der Waals surface area (Å²) < 4.78 is 11.7. The van der Waals surface area contributed by atoms with Crippen LogP contribution in [0.5, 0.6) is 5.75 Å². The van der Waals surface area contributed by atoms with Crippen molar-refractivity contribution in [3.05, 3.63) is 80.1 Å². The van der Waals surface area contributed by atoms with Crippen molar-refractivity contribution in [1.29, 1.82) is 0 Å². The number of amides is 1. The number of rotatable bonds is 8. The predicted octanol–water partition coefficient (Wildman–Crippen LogP) is 4.30. The number of halogens is 1. The van der Waals surface area contributed by atoms with Gasteiger partial charge in [-0.05, 0) is 38.5 Å². The fourth-order valence-corrected chi connectivity index (χ4v) is 3.47. The number of aromatic nitrogens is 2. The van der Waals surface area contributed by atoms with Crippen LogP contribution in [0.25, 0.3) is 0 Å². The molecular formula is C23H23ClN4O6. The lowest BCUT2D eigenvalue weighted by Gasteiger charge is -2.14. The molecule has 0 fully saturated rings. The minimum Gasteiger partial charge on any atom is -0.496 e. The highest BCUT2D eigenvalue weighted by atomic mass is 35.5. The summed E-state index contributed by atoms with van der Waals surface area (Å²) in [4.78, 5) is 36.0. The second-order valence-electron chi connectivity index (χ2n) is 7.57. The first-order chi connectivity index (χ1) is 16.1. The molecule has 34 heavy (non-hydrogen) atoms. The van der Waals surface area contributed by atoms with Crippen molar-refractivity contribution < 1.29 is 24.0 Å². The summed E-state index contributed by atoms with van der Waals surface area (Å²) in [6.45, 7) is 5.29. The fourth-order valence-electron chi connectivity index (χ4n) is 3.16. The fraction of sp³-hybridized carbons (Fsp3) is 0.261. The number of nitrogens with zero attached hydrogens (tertiary/aromatic N) is 3. The molecule has 3 rings (SSSR count). The molecule has 1 amide bonds. The number of carbonyl (C=O) groups is 2. The summed E-state index contributed by atoms with van der Waals surface area (Å²) in [6, 6.07) is 11.8. The number of hydrogen-bond donors (Lipinski definition) is 1. The van der Waals surface area contributed by atoms with Crippen LogP contribution >= 0.6 is 11.6 Å². The molecule has 3 aromatic rings. The van der Waals surface area contributed by atoms with Crippen LogP contribution in [0.1, 0.15) is 34.1 Å². The molecule has 10 nitrogen and oxygen atoms in total. The number of nitro groups is 1. The first kappa shape index (κ1) is 24.7.